The number of thioether (sulfide) groups is 1. The summed E-state index contributed by atoms with van der Waals surface area (Å²) in [7, 11) is 1.25. The first kappa shape index (κ1) is 20.7. The van der Waals surface area contributed by atoms with E-state index in [0.29, 0.717) is 16.4 Å². The molecule has 0 saturated heterocycles. The smallest absolute Gasteiger partial charge is 0.319 e. The van der Waals surface area contributed by atoms with Crippen LogP contribution >= 0.6 is 11.8 Å². The number of methoxy groups -OCH3 is 1. The Morgan fingerprint density at radius 1 is 1.06 bits per heavy atom. The third-order valence-corrected chi connectivity index (χ3v) is 6.43. The summed E-state index contributed by atoms with van der Waals surface area (Å²) >= 11 is 1.39. The Balaban J connectivity index is 1.69. The van der Waals surface area contributed by atoms with Crippen molar-refractivity contribution in [3.63, 3.8) is 0 Å². The Bertz CT molecular complexity index is 1210. The molecule has 0 saturated carbocycles. The van der Waals surface area contributed by atoms with Gasteiger partial charge in [-0.05, 0) is 21.9 Å². The Labute approximate surface area is 184 Å². The first-order valence-electron chi connectivity index (χ1n) is 9.80. The molecule has 0 radical (unpaired) electrons. The van der Waals surface area contributed by atoms with Gasteiger partial charge >= 0.3 is 5.97 Å². The average Bonchev–Trinajstić information content (AvgIpc) is 2.82. The van der Waals surface area contributed by atoms with E-state index < -0.39 is 23.7 Å². The van der Waals surface area contributed by atoms with Crippen molar-refractivity contribution in [1.29, 1.82) is 5.26 Å². The van der Waals surface area contributed by atoms with Crippen molar-refractivity contribution in [2.24, 2.45) is 5.92 Å². The van der Waals surface area contributed by atoms with Gasteiger partial charge in [-0.3, -0.25) is 9.59 Å². The van der Waals surface area contributed by atoms with Crippen LogP contribution in [0.25, 0.3) is 10.8 Å². The van der Waals surface area contributed by atoms with E-state index in [9.17, 15) is 14.9 Å². The summed E-state index contributed by atoms with van der Waals surface area (Å²) < 4.78 is 4.87. The van der Waals surface area contributed by atoms with Gasteiger partial charge in [0.25, 0.3) is 0 Å². The molecule has 5 nitrogen and oxygen atoms in total. The lowest BCUT2D eigenvalue weighted by molar-refractivity contribution is -0.150. The molecule has 6 heteroatoms. The predicted octanol–water partition coefficient (Wildman–Crippen LogP) is 4.51. The number of nitriles is 1. The third kappa shape index (κ3) is 4.18. The second-order valence-electron chi connectivity index (χ2n) is 7.20. The number of carbonyl (C=O) groups is 2. The number of ether oxygens (including phenoxy) is 1. The largest absolute Gasteiger partial charge is 0.468 e. The molecule has 1 heterocycles. The number of esters is 1. The highest BCUT2D eigenvalue weighted by molar-refractivity contribution is 8.02. The molecule has 4 rings (SSSR count). The molecule has 3 aromatic rings. The number of carbonyl (C=O) groups excluding carboxylic acids is 2. The fourth-order valence-corrected chi connectivity index (χ4v) is 4.82. The lowest BCUT2D eigenvalue weighted by Crippen LogP contribution is -2.44. The molecule has 1 aliphatic rings. The van der Waals surface area contributed by atoms with Crippen molar-refractivity contribution in [2.45, 2.75) is 11.7 Å². The molecule has 154 valence electrons. The maximum atomic E-state index is 12.9. The number of benzene rings is 3. The number of hydrogen-bond acceptors (Lipinski definition) is 5. The molecule has 1 N–H and O–H groups in total. The topological polar surface area (TPSA) is 79.2 Å². The molecule has 0 aliphatic carbocycles. The molecule has 0 aromatic heterocycles. The van der Waals surface area contributed by atoms with E-state index in [2.05, 4.69) is 35.7 Å². The first-order valence-corrected chi connectivity index (χ1v) is 10.8. The maximum absolute atomic E-state index is 12.9. The summed E-state index contributed by atoms with van der Waals surface area (Å²) in [6, 6.07) is 25.7. The van der Waals surface area contributed by atoms with E-state index in [-0.39, 0.29) is 0 Å². The molecule has 3 aromatic carbocycles. The summed E-state index contributed by atoms with van der Waals surface area (Å²) in [6.07, 6.45) is 0. The van der Waals surface area contributed by atoms with Crippen molar-refractivity contribution in [3.05, 3.63) is 94.5 Å². The zero-order chi connectivity index (χ0) is 21.8. The second-order valence-corrected chi connectivity index (χ2v) is 8.19. The summed E-state index contributed by atoms with van der Waals surface area (Å²) in [5, 5.41) is 15.5. The minimum atomic E-state index is -1.10. The molecule has 1 amide bonds. The maximum Gasteiger partial charge on any atom is 0.319 e. The first-order chi connectivity index (χ1) is 15.1. The SMILES string of the molecule is COC(=O)[C@@H]1C(=O)NC(SCc2ccc3ccccc3c2)=C(C#N)[C@H]1c1ccccc1. The molecule has 0 unspecified atom stereocenters. The van der Waals surface area contributed by atoms with E-state index in [1.54, 1.807) is 0 Å². The Morgan fingerprint density at radius 3 is 2.48 bits per heavy atom. The molecule has 0 spiro atoms. The lowest BCUT2D eigenvalue weighted by atomic mass is 9.78. The average molecular weight is 429 g/mol. The molecule has 2 atom stereocenters. The number of hydrogen-bond donors (Lipinski definition) is 1. The van der Waals surface area contributed by atoms with Crippen molar-refractivity contribution < 1.29 is 14.3 Å². The Morgan fingerprint density at radius 2 is 1.77 bits per heavy atom. The Hall–Kier alpha value is -3.56. The fraction of sp³-hybridized carbons (Fsp3) is 0.160. The van der Waals surface area contributed by atoms with Crippen molar-refractivity contribution in [3.8, 4) is 6.07 Å². The highest BCUT2D eigenvalue weighted by atomic mass is 32.2. The standard InChI is InChI=1S/C25H20N2O3S/c1-30-25(29)22-21(18-8-3-2-4-9-18)20(14-26)24(27-23(22)28)31-15-16-11-12-17-7-5-6-10-19(17)13-16/h2-13,21-22H,15H2,1H3,(H,27,28)/t21-,22+/m1/s1. The molecule has 31 heavy (non-hydrogen) atoms. The number of rotatable bonds is 5. The third-order valence-electron chi connectivity index (χ3n) is 5.34. The van der Waals surface area contributed by atoms with Crippen LogP contribution in [0.15, 0.2) is 83.4 Å². The molecular weight excluding hydrogens is 408 g/mol. The van der Waals surface area contributed by atoms with Crippen molar-refractivity contribution >= 4 is 34.4 Å². The lowest BCUT2D eigenvalue weighted by Gasteiger charge is -2.31. The van der Waals surface area contributed by atoms with Gasteiger partial charge in [0.15, 0.2) is 0 Å². The monoisotopic (exact) mass is 428 g/mol. The normalized spacial score (nSPS) is 18.4. The summed E-state index contributed by atoms with van der Waals surface area (Å²) in [5.74, 6) is -2.33. The zero-order valence-electron chi connectivity index (χ0n) is 16.9. The minimum absolute atomic E-state index is 0.368. The van der Waals surface area contributed by atoms with Gasteiger partial charge < -0.3 is 10.1 Å². The van der Waals surface area contributed by atoms with Gasteiger partial charge in [0.1, 0.15) is 5.92 Å². The van der Waals surface area contributed by atoms with Crippen LogP contribution in [0.1, 0.15) is 17.0 Å². The summed E-state index contributed by atoms with van der Waals surface area (Å²) in [4.78, 5) is 25.3. The highest BCUT2D eigenvalue weighted by Gasteiger charge is 2.44. The second kappa shape index (κ2) is 9.07. The van der Waals surface area contributed by atoms with Crippen LogP contribution in [-0.4, -0.2) is 19.0 Å². The van der Waals surface area contributed by atoms with Gasteiger partial charge in [0.05, 0.1) is 23.8 Å². The van der Waals surface area contributed by atoms with Crippen molar-refractivity contribution in [1.82, 2.24) is 5.32 Å². The molecule has 1 aliphatic heterocycles. The van der Waals surface area contributed by atoms with E-state index in [1.807, 2.05) is 48.5 Å². The summed E-state index contributed by atoms with van der Waals surface area (Å²) in [6.45, 7) is 0. The Kier molecular flexibility index (Phi) is 6.06. The fourth-order valence-electron chi connectivity index (χ4n) is 3.82. The van der Waals surface area contributed by atoms with Gasteiger partial charge in [-0.2, -0.15) is 5.26 Å². The predicted molar refractivity (Wildman–Crippen MR) is 121 cm³/mol. The van der Waals surface area contributed by atoms with Crippen LogP contribution < -0.4 is 5.32 Å². The number of allylic oxidation sites excluding steroid dienone is 1. The quantitative estimate of drug-likeness (QED) is 0.478. The molecular formula is C25H20N2O3S. The highest BCUT2D eigenvalue weighted by Crippen LogP contribution is 2.40. The van der Waals surface area contributed by atoms with E-state index in [0.717, 1.165) is 21.9 Å². The van der Waals surface area contributed by atoms with Crippen molar-refractivity contribution in [2.75, 3.05) is 7.11 Å². The van der Waals surface area contributed by atoms with Crippen LogP contribution in [0, 0.1) is 17.2 Å². The van der Waals surface area contributed by atoms with Crippen LogP contribution in [-0.2, 0) is 20.1 Å². The summed E-state index contributed by atoms with van der Waals surface area (Å²) in [5.41, 5.74) is 2.18. The van der Waals surface area contributed by atoms with Gasteiger partial charge in [-0.15, -0.1) is 11.8 Å². The minimum Gasteiger partial charge on any atom is -0.468 e. The van der Waals surface area contributed by atoms with Gasteiger partial charge in [0.2, 0.25) is 5.91 Å². The zero-order valence-corrected chi connectivity index (χ0v) is 17.7. The number of nitrogens with zero attached hydrogens (tertiary/aromatic N) is 1. The van der Waals surface area contributed by atoms with Gasteiger partial charge in [-0.25, -0.2) is 0 Å². The van der Waals surface area contributed by atoms with Gasteiger partial charge in [0, 0.05) is 11.7 Å². The van der Waals surface area contributed by atoms with Crippen LogP contribution in [0.4, 0.5) is 0 Å². The molecule has 0 bridgehead atoms. The number of nitrogens with one attached hydrogen (secondary N) is 1. The van der Waals surface area contributed by atoms with Crippen LogP contribution in [0.2, 0.25) is 0 Å². The number of fused-ring (bicyclic) bond motifs is 1. The van der Waals surface area contributed by atoms with Gasteiger partial charge in [-0.1, -0.05) is 72.8 Å². The number of amides is 1. The van der Waals surface area contributed by atoms with E-state index in [4.69, 9.17) is 4.74 Å². The molecule has 0 fully saturated rings. The van der Waals surface area contributed by atoms with Crippen LogP contribution in [0.5, 0.6) is 0 Å². The van der Waals surface area contributed by atoms with E-state index in [1.165, 1.54) is 18.9 Å². The van der Waals surface area contributed by atoms with E-state index >= 15 is 0 Å². The van der Waals surface area contributed by atoms with Crippen LogP contribution in [0.3, 0.4) is 0 Å².